The molecule has 0 saturated carbocycles. The quantitative estimate of drug-likeness (QED) is 0.501. The number of piperazine rings is 1. The van der Waals surface area contributed by atoms with Gasteiger partial charge in [-0.25, -0.2) is 18.9 Å². The van der Waals surface area contributed by atoms with Crippen LogP contribution in [0.2, 0.25) is 5.02 Å². The Morgan fingerprint density at radius 2 is 2.17 bits per heavy atom. The van der Waals surface area contributed by atoms with Gasteiger partial charge in [0.1, 0.15) is 11.9 Å². The number of hydrogen-bond donors (Lipinski definition) is 2. The summed E-state index contributed by atoms with van der Waals surface area (Å²) in [6.07, 6.45) is 1.65. The molecule has 1 saturated heterocycles. The predicted octanol–water partition coefficient (Wildman–Crippen LogP) is 1.92. The van der Waals surface area contributed by atoms with E-state index in [1.54, 1.807) is 6.20 Å². The molecule has 0 aliphatic carbocycles. The molecule has 2 aromatic rings. The van der Waals surface area contributed by atoms with Crippen LogP contribution in [-0.4, -0.2) is 80.8 Å². The Morgan fingerprint density at radius 1 is 1.39 bits per heavy atom. The number of hydrogen-bond acceptors (Lipinski definition) is 9. The zero-order chi connectivity index (χ0) is 26.0. The van der Waals surface area contributed by atoms with Gasteiger partial charge in [-0.1, -0.05) is 17.7 Å². The molecule has 2 aliphatic heterocycles. The number of rotatable bonds is 7. The van der Waals surface area contributed by atoms with E-state index in [0.29, 0.717) is 41.7 Å². The fourth-order valence-electron chi connectivity index (χ4n) is 4.33. The van der Waals surface area contributed by atoms with E-state index in [4.69, 9.17) is 21.3 Å². The molecule has 2 N–H and O–H groups in total. The number of benzene rings is 1. The van der Waals surface area contributed by atoms with Gasteiger partial charge in [-0.2, -0.15) is 12.7 Å². The molecule has 1 fully saturated rings. The number of carbonyl (C=O) groups is 1. The number of aliphatic imine (C=N–C) groups is 1. The van der Waals surface area contributed by atoms with Crippen molar-refractivity contribution in [3.63, 3.8) is 0 Å². The van der Waals surface area contributed by atoms with Gasteiger partial charge >= 0.3 is 5.97 Å². The SMILES string of the molecule is CNS(=O)(=O)N1CCN(CC2=C(C(=O)OC)[C@H](c3ccc(F)cc3Cl)N=C(c3nccs3)N2)C[C@@H]1C. The van der Waals surface area contributed by atoms with Gasteiger partial charge in [-0.05, 0) is 19.1 Å². The van der Waals surface area contributed by atoms with Gasteiger partial charge in [0.15, 0.2) is 10.8 Å². The van der Waals surface area contributed by atoms with Crippen molar-refractivity contribution >= 4 is 45.0 Å². The number of aromatic nitrogens is 1. The summed E-state index contributed by atoms with van der Waals surface area (Å²) in [6.45, 7) is 3.28. The second-order valence-electron chi connectivity index (χ2n) is 8.30. The number of amidine groups is 1. The smallest absolute Gasteiger partial charge is 0.338 e. The number of ether oxygens (including phenoxy) is 1. The number of carbonyl (C=O) groups excluding carboxylic acids is 1. The Bertz CT molecular complexity index is 1300. The highest BCUT2D eigenvalue weighted by atomic mass is 35.5. The van der Waals surface area contributed by atoms with Crippen molar-refractivity contribution in [1.82, 2.24) is 24.2 Å². The second kappa shape index (κ2) is 10.9. The van der Waals surface area contributed by atoms with E-state index in [9.17, 15) is 17.6 Å². The summed E-state index contributed by atoms with van der Waals surface area (Å²) in [6, 6.07) is 2.79. The summed E-state index contributed by atoms with van der Waals surface area (Å²) >= 11 is 7.76. The lowest BCUT2D eigenvalue weighted by Crippen LogP contribution is -2.57. The molecule has 4 rings (SSSR count). The summed E-state index contributed by atoms with van der Waals surface area (Å²) < 4.78 is 47.3. The molecule has 3 heterocycles. The molecular weight excluding hydrogens is 531 g/mol. The van der Waals surface area contributed by atoms with Gasteiger partial charge in [-0.3, -0.25) is 9.89 Å². The average Bonchev–Trinajstić information content (AvgIpc) is 3.38. The monoisotopic (exact) mass is 556 g/mol. The van der Waals surface area contributed by atoms with Gasteiger partial charge < -0.3 is 10.1 Å². The van der Waals surface area contributed by atoms with E-state index in [1.165, 1.54) is 48.0 Å². The van der Waals surface area contributed by atoms with Gasteiger partial charge in [-0.15, -0.1) is 11.3 Å². The molecule has 0 radical (unpaired) electrons. The molecule has 2 atom stereocenters. The fraction of sp³-hybridized carbons (Fsp3) is 0.409. The van der Waals surface area contributed by atoms with E-state index in [-0.39, 0.29) is 23.2 Å². The third-order valence-corrected chi connectivity index (χ3v) is 8.81. The molecule has 0 spiro atoms. The molecule has 0 bridgehead atoms. The standard InChI is InChI=1S/C22H26ClFN6O4S2/c1-13-11-29(7-8-30(13)36(32,33)25-2)12-17-18(22(31)34-3)19(15-5-4-14(24)10-16(15)23)28-20(27-17)21-26-6-9-35-21/h4-6,9-10,13,19,25H,7-8,11-12H2,1-3H3,(H,27,28)/t13-,19-/m0/s1. The van der Waals surface area contributed by atoms with Gasteiger partial charge in [0.2, 0.25) is 0 Å². The fourth-order valence-corrected chi connectivity index (χ4v) is 6.28. The minimum Gasteiger partial charge on any atom is -0.466 e. The molecule has 14 heteroatoms. The zero-order valence-electron chi connectivity index (χ0n) is 19.9. The highest BCUT2D eigenvalue weighted by molar-refractivity contribution is 7.87. The Kier molecular flexibility index (Phi) is 8.07. The Hall–Kier alpha value is -2.42. The number of methoxy groups -OCH3 is 1. The van der Waals surface area contributed by atoms with Crippen molar-refractivity contribution in [2.24, 2.45) is 4.99 Å². The Labute approximate surface area is 218 Å². The lowest BCUT2D eigenvalue weighted by atomic mass is 9.95. The van der Waals surface area contributed by atoms with Crippen LogP contribution in [0, 0.1) is 5.82 Å². The molecule has 194 valence electrons. The van der Waals surface area contributed by atoms with Crippen LogP contribution in [0.5, 0.6) is 0 Å². The van der Waals surface area contributed by atoms with Crippen LogP contribution in [0.4, 0.5) is 4.39 Å². The molecule has 2 aliphatic rings. The van der Waals surface area contributed by atoms with Crippen molar-refractivity contribution in [2.75, 3.05) is 40.3 Å². The first-order valence-corrected chi connectivity index (χ1v) is 13.8. The summed E-state index contributed by atoms with van der Waals surface area (Å²) in [5.41, 5.74) is 1.22. The summed E-state index contributed by atoms with van der Waals surface area (Å²) in [5, 5.41) is 5.79. The highest BCUT2D eigenvalue weighted by Crippen LogP contribution is 2.37. The molecule has 1 aromatic heterocycles. The Morgan fingerprint density at radius 3 is 2.78 bits per heavy atom. The average molecular weight is 557 g/mol. The lowest BCUT2D eigenvalue weighted by Gasteiger charge is -2.39. The minimum absolute atomic E-state index is 0.129. The van der Waals surface area contributed by atoms with E-state index >= 15 is 0 Å². The summed E-state index contributed by atoms with van der Waals surface area (Å²) in [7, 11) is -0.902. The third kappa shape index (κ3) is 5.45. The molecule has 0 unspecified atom stereocenters. The van der Waals surface area contributed by atoms with Gasteiger partial charge in [0.25, 0.3) is 10.2 Å². The first-order valence-electron chi connectivity index (χ1n) is 11.1. The summed E-state index contributed by atoms with van der Waals surface area (Å²) in [4.78, 5) is 24.1. The lowest BCUT2D eigenvalue weighted by molar-refractivity contribution is -0.136. The zero-order valence-corrected chi connectivity index (χ0v) is 22.3. The maximum absolute atomic E-state index is 13.8. The first-order chi connectivity index (χ1) is 17.1. The highest BCUT2D eigenvalue weighted by Gasteiger charge is 2.36. The number of esters is 1. The molecule has 10 nitrogen and oxygen atoms in total. The Balaban J connectivity index is 1.72. The number of nitrogens with one attached hydrogen (secondary N) is 2. The topological polar surface area (TPSA) is 116 Å². The first kappa shape index (κ1) is 26.6. The van der Waals surface area contributed by atoms with E-state index < -0.39 is 28.0 Å². The molecule has 36 heavy (non-hydrogen) atoms. The van der Waals surface area contributed by atoms with Crippen LogP contribution in [-0.2, 0) is 19.7 Å². The van der Waals surface area contributed by atoms with Gasteiger partial charge in [0.05, 0.1) is 12.7 Å². The van der Waals surface area contributed by atoms with Gasteiger partial charge in [0, 0.05) is 67.1 Å². The van der Waals surface area contributed by atoms with Crippen LogP contribution >= 0.6 is 22.9 Å². The minimum atomic E-state index is -3.56. The van der Waals surface area contributed by atoms with Crippen molar-refractivity contribution < 1.29 is 22.3 Å². The number of thiazole rings is 1. The normalized spacial score (nSPS) is 21.8. The number of halogens is 2. The van der Waals surface area contributed by atoms with E-state index in [0.717, 1.165) is 0 Å². The maximum Gasteiger partial charge on any atom is 0.338 e. The third-order valence-electron chi connectivity index (χ3n) is 6.02. The maximum atomic E-state index is 13.8. The van der Waals surface area contributed by atoms with Crippen molar-refractivity contribution in [1.29, 1.82) is 0 Å². The predicted molar refractivity (Wildman–Crippen MR) is 136 cm³/mol. The molecular formula is C22H26ClFN6O4S2. The van der Waals surface area contributed by atoms with E-state index in [1.807, 2.05) is 17.2 Å². The van der Waals surface area contributed by atoms with E-state index in [2.05, 4.69) is 15.0 Å². The molecule has 0 amide bonds. The van der Waals surface area contributed by atoms with Crippen molar-refractivity contribution in [2.45, 2.75) is 19.0 Å². The van der Waals surface area contributed by atoms with Crippen LogP contribution in [0.3, 0.4) is 0 Å². The van der Waals surface area contributed by atoms with Crippen LogP contribution < -0.4 is 10.0 Å². The largest absolute Gasteiger partial charge is 0.466 e. The molecule has 1 aromatic carbocycles. The van der Waals surface area contributed by atoms with Crippen LogP contribution in [0.15, 0.2) is 46.0 Å². The second-order valence-corrected chi connectivity index (χ2v) is 11.4. The number of nitrogens with zero attached hydrogens (tertiary/aromatic N) is 4. The van der Waals surface area contributed by atoms with Crippen molar-refractivity contribution in [3.05, 3.63) is 62.5 Å². The van der Waals surface area contributed by atoms with Crippen molar-refractivity contribution in [3.8, 4) is 0 Å². The summed E-state index contributed by atoms with van der Waals surface area (Å²) in [5.74, 6) is -0.661. The van der Waals surface area contributed by atoms with Crippen LogP contribution in [0.25, 0.3) is 0 Å². The van der Waals surface area contributed by atoms with Crippen LogP contribution in [0.1, 0.15) is 23.5 Å².